The number of benzene rings is 1. The van der Waals surface area contributed by atoms with Crippen molar-refractivity contribution in [2.75, 3.05) is 6.61 Å². The summed E-state index contributed by atoms with van der Waals surface area (Å²) in [6.45, 7) is 1.44. The zero-order valence-corrected chi connectivity index (χ0v) is 16.6. The lowest BCUT2D eigenvalue weighted by atomic mass is 9.96. The van der Waals surface area contributed by atoms with Crippen LogP contribution in [0.4, 0.5) is 0 Å². The summed E-state index contributed by atoms with van der Waals surface area (Å²) >= 11 is 5.15. The molecule has 4 rings (SSSR count). The second-order valence-electron chi connectivity index (χ2n) is 6.80. The maximum Gasteiger partial charge on any atom is 0.475 e. The topological polar surface area (TPSA) is 112 Å². The Kier molecular flexibility index (Phi) is 5.13. The molecule has 5 atom stereocenters. The van der Waals surface area contributed by atoms with Crippen molar-refractivity contribution in [3.63, 3.8) is 0 Å². The molecule has 11 heteroatoms. The van der Waals surface area contributed by atoms with Crippen molar-refractivity contribution in [1.29, 1.82) is 0 Å². The molecule has 3 heterocycles. The van der Waals surface area contributed by atoms with Gasteiger partial charge in [-0.05, 0) is 24.7 Å². The van der Waals surface area contributed by atoms with Crippen LogP contribution in [0.25, 0.3) is 0 Å². The Morgan fingerprint density at radius 2 is 2.14 bits per heavy atom. The van der Waals surface area contributed by atoms with Crippen LogP contribution in [0.1, 0.15) is 18.7 Å². The summed E-state index contributed by atoms with van der Waals surface area (Å²) in [7, 11) is -3.90. The average molecular weight is 426 g/mol. The van der Waals surface area contributed by atoms with Gasteiger partial charge in [-0.25, -0.2) is 4.57 Å². The van der Waals surface area contributed by atoms with E-state index < -0.39 is 31.9 Å². The smallest absolute Gasteiger partial charge is 0.383 e. The molecule has 2 aliphatic rings. The fourth-order valence-electron chi connectivity index (χ4n) is 3.28. The molecule has 2 fully saturated rings. The molecule has 0 radical (unpaired) electrons. The first-order valence-electron chi connectivity index (χ1n) is 8.59. The van der Waals surface area contributed by atoms with Crippen molar-refractivity contribution in [2.24, 2.45) is 0 Å². The lowest BCUT2D eigenvalue weighted by Crippen LogP contribution is -2.47. The third kappa shape index (κ3) is 3.65. The van der Waals surface area contributed by atoms with Gasteiger partial charge in [-0.15, -0.1) is 0 Å². The Balaban J connectivity index is 1.54. The number of rotatable bonds is 4. The van der Waals surface area contributed by atoms with Gasteiger partial charge in [0.25, 0.3) is 5.56 Å². The van der Waals surface area contributed by atoms with E-state index >= 15 is 0 Å². The first-order valence-corrected chi connectivity index (χ1v) is 10.5. The first kappa shape index (κ1) is 19.7. The van der Waals surface area contributed by atoms with E-state index in [9.17, 15) is 14.5 Å². The van der Waals surface area contributed by atoms with Crippen LogP contribution in [-0.4, -0.2) is 39.1 Å². The number of hydrogen-bond donors (Lipinski definition) is 2. The monoisotopic (exact) mass is 426 g/mol. The van der Waals surface area contributed by atoms with Gasteiger partial charge >= 0.3 is 7.82 Å². The highest BCUT2D eigenvalue weighted by atomic mass is 32.1. The van der Waals surface area contributed by atoms with E-state index in [1.807, 2.05) is 30.3 Å². The minimum Gasteiger partial charge on any atom is -0.383 e. The molecule has 0 amide bonds. The minimum atomic E-state index is -3.90. The Morgan fingerprint density at radius 3 is 2.86 bits per heavy atom. The van der Waals surface area contributed by atoms with Gasteiger partial charge < -0.3 is 9.84 Å². The molecule has 2 aliphatic heterocycles. The van der Waals surface area contributed by atoms with Crippen molar-refractivity contribution in [2.45, 2.75) is 37.6 Å². The minimum absolute atomic E-state index is 0.0346. The number of aromatic amines is 1. The molecule has 9 nitrogen and oxygen atoms in total. The normalized spacial score (nSPS) is 34.9. The Labute approximate surface area is 165 Å². The van der Waals surface area contributed by atoms with Gasteiger partial charge in [0.1, 0.15) is 17.8 Å². The van der Waals surface area contributed by atoms with Crippen molar-refractivity contribution in [3.8, 4) is 0 Å². The SMILES string of the molecule is C[C@@]1(O)C2OP(=O)(OCc3ccccc3)OC[C@H]2O[C@H]1n1ccc(=O)[nH]c1=S. The highest BCUT2D eigenvalue weighted by Crippen LogP contribution is 2.59. The molecule has 0 spiro atoms. The third-order valence-corrected chi connectivity index (χ3v) is 6.40. The van der Waals surface area contributed by atoms with E-state index in [0.29, 0.717) is 0 Å². The number of H-pyrrole nitrogens is 1. The number of ether oxygens (including phenoxy) is 1. The summed E-state index contributed by atoms with van der Waals surface area (Å²) < 4.78 is 36.5. The maximum absolute atomic E-state index is 12.9. The zero-order chi connectivity index (χ0) is 19.9. The van der Waals surface area contributed by atoms with Crippen LogP contribution in [0.2, 0.25) is 0 Å². The number of phosphoric ester groups is 1. The van der Waals surface area contributed by atoms with Gasteiger partial charge in [0.2, 0.25) is 0 Å². The number of nitrogens with one attached hydrogen (secondary N) is 1. The predicted molar refractivity (Wildman–Crippen MR) is 100 cm³/mol. The molecule has 1 aromatic carbocycles. The van der Waals surface area contributed by atoms with Crippen LogP contribution >= 0.6 is 20.0 Å². The van der Waals surface area contributed by atoms with Crippen LogP contribution < -0.4 is 5.56 Å². The molecule has 0 bridgehead atoms. The van der Waals surface area contributed by atoms with Gasteiger partial charge in [-0.1, -0.05) is 30.3 Å². The number of hydrogen-bond acceptors (Lipinski definition) is 8. The second-order valence-corrected chi connectivity index (χ2v) is 8.81. The number of aromatic nitrogens is 2. The van der Waals surface area contributed by atoms with E-state index in [0.717, 1.165) is 5.56 Å². The molecule has 1 aromatic heterocycles. The van der Waals surface area contributed by atoms with Crippen LogP contribution in [0, 0.1) is 4.77 Å². The van der Waals surface area contributed by atoms with E-state index in [1.54, 1.807) is 0 Å². The molecule has 0 saturated carbocycles. The summed E-state index contributed by atoms with van der Waals surface area (Å²) in [6, 6.07) is 10.4. The van der Waals surface area contributed by atoms with Crippen molar-refractivity contribution < 1.29 is 28.0 Å². The van der Waals surface area contributed by atoms with Crippen molar-refractivity contribution in [1.82, 2.24) is 9.55 Å². The van der Waals surface area contributed by atoms with Gasteiger partial charge in [-0.3, -0.25) is 27.9 Å². The molecule has 0 aliphatic carbocycles. The molecular formula is C17H19N2O7PS. The molecular weight excluding hydrogens is 407 g/mol. The van der Waals surface area contributed by atoms with Crippen LogP contribution in [0.3, 0.4) is 0 Å². The van der Waals surface area contributed by atoms with Gasteiger partial charge in [0.15, 0.2) is 11.0 Å². The summed E-state index contributed by atoms with van der Waals surface area (Å²) in [5.74, 6) is 0. The van der Waals surface area contributed by atoms with Gasteiger partial charge in [0.05, 0.1) is 13.2 Å². The highest BCUT2D eigenvalue weighted by molar-refractivity contribution is 7.71. The summed E-state index contributed by atoms with van der Waals surface area (Å²) in [4.78, 5) is 13.9. The summed E-state index contributed by atoms with van der Waals surface area (Å²) in [5.41, 5.74) is -1.16. The highest BCUT2D eigenvalue weighted by Gasteiger charge is 2.60. The number of phosphoric acid groups is 1. The average Bonchev–Trinajstić information content (AvgIpc) is 2.91. The van der Waals surface area contributed by atoms with Crippen molar-refractivity contribution in [3.05, 3.63) is 63.3 Å². The number of nitrogens with zero attached hydrogens (tertiary/aromatic N) is 1. The zero-order valence-electron chi connectivity index (χ0n) is 14.9. The van der Waals surface area contributed by atoms with Crippen LogP contribution in [0.5, 0.6) is 0 Å². The van der Waals surface area contributed by atoms with E-state index in [-0.39, 0.29) is 23.5 Å². The maximum atomic E-state index is 12.9. The van der Waals surface area contributed by atoms with E-state index in [2.05, 4.69) is 4.98 Å². The fraction of sp³-hybridized carbons (Fsp3) is 0.412. The lowest BCUT2D eigenvalue weighted by molar-refractivity contribution is -0.0935. The van der Waals surface area contributed by atoms with E-state index in [1.165, 1.54) is 23.8 Å². The van der Waals surface area contributed by atoms with Crippen LogP contribution in [-0.2, 0) is 29.5 Å². The number of aliphatic hydroxyl groups is 1. The Bertz CT molecular complexity index is 1020. The Hall–Kier alpha value is -1.65. The van der Waals surface area contributed by atoms with Gasteiger partial charge in [0, 0.05) is 12.3 Å². The molecule has 2 saturated heterocycles. The third-order valence-electron chi connectivity index (χ3n) is 4.69. The summed E-state index contributed by atoms with van der Waals surface area (Å²) in [5, 5.41) is 11.1. The number of fused-ring (bicyclic) bond motifs is 1. The molecule has 2 aromatic rings. The Morgan fingerprint density at radius 1 is 1.39 bits per heavy atom. The largest absolute Gasteiger partial charge is 0.475 e. The quantitative estimate of drug-likeness (QED) is 0.566. The van der Waals surface area contributed by atoms with E-state index in [4.69, 9.17) is 30.5 Å². The molecule has 2 unspecified atom stereocenters. The molecule has 28 heavy (non-hydrogen) atoms. The molecule has 150 valence electrons. The van der Waals surface area contributed by atoms with Crippen molar-refractivity contribution >= 4 is 20.0 Å². The lowest BCUT2D eigenvalue weighted by Gasteiger charge is -2.35. The standard InChI is InChI=1S/C17H19N2O7PS/c1-17(21)14-12(25-15(17)19-8-7-13(20)18-16(19)28)10-24-27(22,26-14)23-9-11-5-3-2-4-6-11/h2-8,12,14-15,21H,9-10H2,1H3,(H,18,20,28)/t12-,14?,15-,17-,27?/m1/s1. The first-order chi connectivity index (χ1) is 13.3. The predicted octanol–water partition coefficient (Wildman–Crippen LogP) is 2.29. The van der Waals surface area contributed by atoms with Crippen LogP contribution in [0.15, 0.2) is 47.4 Å². The fourth-order valence-corrected chi connectivity index (χ4v) is 5.00. The van der Waals surface area contributed by atoms with Gasteiger partial charge in [-0.2, -0.15) is 0 Å². The second kappa shape index (κ2) is 7.31. The molecule has 2 N–H and O–H groups in total. The summed E-state index contributed by atoms with van der Waals surface area (Å²) in [6.07, 6.45) is -1.20.